The third kappa shape index (κ3) is 2.02. The van der Waals surface area contributed by atoms with E-state index in [9.17, 15) is 4.39 Å². The molecule has 0 aliphatic heterocycles. The number of rotatable bonds is 3. The fraction of sp³-hybridized carbons (Fsp3) is 0. The Labute approximate surface area is 68.2 Å². The van der Waals surface area contributed by atoms with Crippen molar-refractivity contribution in [3.05, 3.63) is 30.1 Å². The van der Waals surface area contributed by atoms with Crippen molar-refractivity contribution in [1.82, 2.24) is 0 Å². The van der Waals surface area contributed by atoms with Crippen molar-refractivity contribution < 1.29 is 24.5 Å². The van der Waals surface area contributed by atoms with Crippen LogP contribution < -0.4 is 5.46 Å². The molecule has 0 aliphatic rings. The van der Waals surface area contributed by atoms with Crippen molar-refractivity contribution in [1.29, 1.82) is 0 Å². The van der Waals surface area contributed by atoms with Gasteiger partial charge in [0.05, 0.1) is 0 Å². The highest BCUT2D eigenvalue weighted by atomic mass is 19.1. The van der Waals surface area contributed by atoms with Crippen LogP contribution in [0.5, 0.6) is 0 Å². The van der Waals surface area contributed by atoms with Gasteiger partial charge in [-0.05, 0) is 17.6 Å². The standard InChI is InChI=1S/C6H6BFO4/c8-6-3-1-5(2-4-6)7(11-9)12-10/h1-4,9-10H. The molecule has 0 spiro atoms. The van der Waals surface area contributed by atoms with Crippen LogP contribution in [0.15, 0.2) is 24.3 Å². The Morgan fingerprint density at radius 2 is 1.58 bits per heavy atom. The summed E-state index contributed by atoms with van der Waals surface area (Å²) in [5.41, 5.74) is 0.307. The summed E-state index contributed by atoms with van der Waals surface area (Å²) >= 11 is 0. The summed E-state index contributed by atoms with van der Waals surface area (Å²) in [4.78, 5) is 7.46. The molecule has 0 fully saturated rings. The van der Waals surface area contributed by atoms with Crippen molar-refractivity contribution in [3.8, 4) is 0 Å². The zero-order chi connectivity index (χ0) is 8.97. The minimum absolute atomic E-state index is 0.307. The summed E-state index contributed by atoms with van der Waals surface area (Å²) in [5.74, 6) is -0.423. The normalized spacial score (nSPS) is 9.92. The second-order valence-corrected chi connectivity index (χ2v) is 2.09. The fourth-order valence-electron chi connectivity index (χ4n) is 0.761. The van der Waals surface area contributed by atoms with Crippen LogP contribution >= 0.6 is 0 Å². The van der Waals surface area contributed by atoms with E-state index in [4.69, 9.17) is 10.5 Å². The number of hydrogen-bond acceptors (Lipinski definition) is 4. The molecule has 1 aromatic rings. The highest BCUT2D eigenvalue weighted by Crippen LogP contribution is 1.95. The second-order valence-electron chi connectivity index (χ2n) is 2.09. The summed E-state index contributed by atoms with van der Waals surface area (Å²) in [6, 6.07) is 4.93. The van der Waals surface area contributed by atoms with Crippen LogP contribution in [-0.2, 0) is 9.61 Å². The molecule has 64 valence electrons. The van der Waals surface area contributed by atoms with E-state index < -0.39 is 12.9 Å². The van der Waals surface area contributed by atoms with E-state index in [0.29, 0.717) is 5.46 Å². The first-order chi connectivity index (χ1) is 5.77. The lowest BCUT2D eigenvalue weighted by Crippen LogP contribution is -2.34. The van der Waals surface area contributed by atoms with Gasteiger partial charge >= 0.3 is 7.12 Å². The molecule has 0 aromatic heterocycles. The average molecular weight is 172 g/mol. The van der Waals surface area contributed by atoms with Crippen LogP contribution in [0.25, 0.3) is 0 Å². The molecule has 0 amide bonds. The SMILES string of the molecule is OOB(OO)c1ccc(F)cc1. The van der Waals surface area contributed by atoms with E-state index in [2.05, 4.69) is 9.61 Å². The molecule has 4 nitrogen and oxygen atoms in total. The Morgan fingerprint density at radius 3 is 2.00 bits per heavy atom. The maximum atomic E-state index is 12.4. The Balaban J connectivity index is 2.80. The average Bonchev–Trinajstić information content (AvgIpc) is 2.10. The molecule has 0 bridgehead atoms. The van der Waals surface area contributed by atoms with Gasteiger partial charge in [-0.2, -0.15) is 0 Å². The van der Waals surface area contributed by atoms with Crippen molar-refractivity contribution >= 4 is 12.6 Å². The quantitative estimate of drug-likeness (QED) is 0.395. The molecule has 0 atom stereocenters. The molecule has 0 saturated carbocycles. The molecule has 6 heteroatoms. The van der Waals surface area contributed by atoms with Crippen LogP contribution in [0.4, 0.5) is 4.39 Å². The van der Waals surface area contributed by atoms with Gasteiger partial charge in [0, 0.05) is 0 Å². The van der Waals surface area contributed by atoms with Gasteiger partial charge in [0.25, 0.3) is 0 Å². The predicted octanol–water partition coefficient (Wildman–Crippen LogP) is 0.500. The summed E-state index contributed by atoms with van der Waals surface area (Å²) < 4.78 is 12.4. The predicted molar refractivity (Wildman–Crippen MR) is 39.2 cm³/mol. The maximum Gasteiger partial charge on any atom is 0.554 e. The van der Waals surface area contributed by atoms with E-state index in [1.165, 1.54) is 12.1 Å². The first kappa shape index (κ1) is 9.15. The third-order valence-electron chi connectivity index (χ3n) is 1.33. The molecule has 12 heavy (non-hydrogen) atoms. The van der Waals surface area contributed by atoms with E-state index in [-0.39, 0.29) is 0 Å². The van der Waals surface area contributed by atoms with Gasteiger partial charge in [-0.1, -0.05) is 12.1 Å². The lowest BCUT2D eigenvalue weighted by Gasteiger charge is -2.03. The van der Waals surface area contributed by atoms with E-state index in [1.54, 1.807) is 0 Å². The van der Waals surface area contributed by atoms with Crippen LogP contribution in [0, 0.1) is 5.82 Å². The second kappa shape index (κ2) is 4.17. The Morgan fingerprint density at radius 1 is 1.08 bits per heavy atom. The molecule has 0 aliphatic carbocycles. The summed E-state index contributed by atoms with van der Waals surface area (Å²) in [6.07, 6.45) is 0. The zero-order valence-electron chi connectivity index (χ0n) is 5.98. The summed E-state index contributed by atoms with van der Waals surface area (Å²) in [6.45, 7) is 0. The molecule has 1 aromatic carbocycles. The maximum absolute atomic E-state index is 12.4. The monoisotopic (exact) mass is 172 g/mol. The van der Waals surface area contributed by atoms with Crippen molar-refractivity contribution in [2.75, 3.05) is 0 Å². The molecule has 2 N–H and O–H groups in total. The minimum atomic E-state index is -1.30. The number of hydrogen-bond donors (Lipinski definition) is 2. The van der Waals surface area contributed by atoms with Gasteiger partial charge in [0.1, 0.15) is 5.82 Å². The van der Waals surface area contributed by atoms with Crippen molar-refractivity contribution in [3.63, 3.8) is 0 Å². The summed E-state index contributed by atoms with van der Waals surface area (Å²) in [5, 5.41) is 16.3. The highest BCUT2D eigenvalue weighted by molar-refractivity contribution is 6.60. The van der Waals surface area contributed by atoms with Gasteiger partial charge in [-0.15, -0.1) is 0 Å². The fourth-order valence-corrected chi connectivity index (χ4v) is 0.761. The number of benzene rings is 1. The summed E-state index contributed by atoms with van der Waals surface area (Å²) in [7, 11) is -1.30. The molecule has 0 saturated heterocycles. The smallest absolute Gasteiger partial charge is 0.264 e. The van der Waals surface area contributed by atoms with Crippen molar-refractivity contribution in [2.24, 2.45) is 0 Å². The number of halogens is 1. The Kier molecular flexibility index (Phi) is 3.18. The third-order valence-corrected chi connectivity index (χ3v) is 1.33. The topological polar surface area (TPSA) is 58.9 Å². The first-order valence-electron chi connectivity index (χ1n) is 3.14. The van der Waals surface area contributed by atoms with E-state index in [0.717, 1.165) is 12.1 Å². The van der Waals surface area contributed by atoms with Crippen molar-refractivity contribution in [2.45, 2.75) is 0 Å². The van der Waals surface area contributed by atoms with Gasteiger partial charge in [0.2, 0.25) is 0 Å². The van der Waals surface area contributed by atoms with Gasteiger partial charge in [0.15, 0.2) is 0 Å². The zero-order valence-corrected chi connectivity index (χ0v) is 5.98. The molecular formula is C6H6BFO4. The Hall–Kier alpha value is -0.945. The van der Waals surface area contributed by atoms with Gasteiger partial charge in [-0.3, -0.25) is 20.1 Å². The lowest BCUT2D eigenvalue weighted by molar-refractivity contribution is -0.221. The Bertz CT molecular complexity index is 236. The van der Waals surface area contributed by atoms with Crippen LogP contribution in [0.3, 0.4) is 0 Å². The first-order valence-corrected chi connectivity index (χ1v) is 3.14. The van der Waals surface area contributed by atoms with Gasteiger partial charge < -0.3 is 0 Å². The molecule has 1 rings (SSSR count). The lowest BCUT2D eigenvalue weighted by atomic mass is 9.80. The van der Waals surface area contributed by atoms with E-state index in [1.807, 2.05) is 0 Å². The highest BCUT2D eigenvalue weighted by Gasteiger charge is 2.21. The largest absolute Gasteiger partial charge is 0.554 e. The van der Waals surface area contributed by atoms with Crippen LogP contribution in [0.1, 0.15) is 0 Å². The molecular weight excluding hydrogens is 166 g/mol. The minimum Gasteiger partial charge on any atom is -0.264 e. The van der Waals surface area contributed by atoms with Crippen LogP contribution in [-0.4, -0.2) is 17.6 Å². The molecule has 0 unspecified atom stereocenters. The van der Waals surface area contributed by atoms with Gasteiger partial charge in [-0.25, -0.2) is 4.39 Å². The molecule has 0 heterocycles. The molecule has 0 radical (unpaired) electrons. The van der Waals surface area contributed by atoms with E-state index >= 15 is 0 Å². The van der Waals surface area contributed by atoms with Crippen LogP contribution in [0.2, 0.25) is 0 Å².